The third kappa shape index (κ3) is 6.59. The Bertz CT molecular complexity index is 2880. The van der Waals surface area contributed by atoms with Crippen LogP contribution in [0.15, 0.2) is 231 Å². The summed E-state index contributed by atoms with van der Waals surface area (Å²) in [4.78, 5) is 4.78. The number of benzene rings is 9. The Morgan fingerprint density at radius 1 is 0.271 bits per heavy atom. The second kappa shape index (κ2) is 15.2. The van der Waals surface area contributed by atoms with Gasteiger partial charge in [0.1, 0.15) is 0 Å². The van der Waals surface area contributed by atoms with Crippen LogP contribution in [0.25, 0.3) is 44.5 Å². The van der Waals surface area contributed by atoms with Crippen molar-refractivity contribution in [2.75, 3.05) is 9.80 Å². The predicted octanol–water partition coefficient (Wildman–Crippen LogP) is 15.9. The van der Waals surface area contributed by atoms with Crippen molar-refractivity contribution in [2.45, 2.75) is 19.3 Å². The van der Waals surface area contributed by atoms with Gasteiger partial charge in [0, 0.05) is 39.3 Å². The lowest BCUT2D eigenvalue weighted by atomic mass is 9.82. The van der Waals surface area contributed by atoms with Crippen LogP contribution < -0.4 is 9.80 Å². The number of hydrogen-bond acceptors (Lipinski definition) is 2. The van der Waals surface area contributed by atoms with Gasteiger partial charge in [0.25, 0.3) is 0 Å². The highest BCUT2D eigenvalue weighted by Gasteiger charge is 2.36. The summed E-state index contributed by atoms with van der Waals surface area (Å²) in [7, 11) is 0. The minimum Gasteiger partial charge on any atom is -0.310 e. The summed E-state index contributed by atoms with van der Waals surface area (Å²) in [6.45, 7) is 4.70. The Morgan fingerprint density at radius 3 is 1.20 bits per heavy atom. The van der Waals surface area contributed by atoms with Gasteiger partial charge in [0.05, 0.1) is 11.4 Å². The molecule has 9 aromatic rings. The summed E-state index contributed by atoms with van der Waals surface area (Å²) in [6.07, 6.45) is 0. The van der Waals surface area contributed by atoms with E-state index >= 15 is 0 Å². The molecule has 282 valence electrons. The number of nitrogens with zero attached hydrogens (tertiary/aromatic N) is 2. The maximum atomic E-state index is 2.42. The van der Waals surface area contributed by atoms with Gasteiger partial charge < -0.3 is 9.80 Å². The fourth-order valence-electron chi connectivity index (χ4n) is 8.93. The Balaban J connectivity index is 1.04. The fraction of sp³-hybridized carbons (Fsp3) is 0.0526. The summed E-state index contributed by atoms with van der Waals surface area (Å²) >= 11 is 0. The maximum absolute atomic E-state index is 2.42. The standard InChI is InChI=1S/C57H44N2/c1-57(2)53-27-15-12-26-51(53)52-39-38-48(40-54(52)57)59(46-22-10-5-11-23-46)56-29-17-14-25-50(56)44-32-30-43(31-33-44)49-24-13-16-28-55(49)58(45-20-8-4-9-21-45)47-36-34-42(35-37-47)41-18-6-3-7-19-41/h3-40H,1-2H3. The Kier molecular flexibility index (Phi) is 9.24. The van der Waals surface area contributed by atoms with Crippen LogP contribution in [0, 0.1) is 0 Å². The molecule has 2 nitrogen and oxygen atoms in total. The zero-order chi connectivity index (χ0) is 39.8. The molecule has 59 heavy (non-hydrogen) atoms. The van der Waals surface area contributed by atoms with Crippen molar-refractivity contribution < 1.29 is 0 Å². The second-order valence-corrected chi connectivity index (χ2v) is 15.8. The topological polar surface area (TPSA) is 6.48 Å². The van der Waals surface area contributed by atoms with Crippen molar-refractivity contribution in [2.24, 2.45) is 0 Å². The molecule has 0 fully saturated rings. The van der Waals surface area contributed by atoms with E-state index in [4.69, 9.17) is 0 Å². The average molecular weight is 757 g/mol. The minimum absolute atomic E-state index is 0.0996. The van der Waals surface area contributed by atoms with Gasteiger partial charge in [-0.25, -0.2) is 0 Å². The first-order chi connectivity index (χ1) is 29.0. The molecule has 9 aromatic carbocycles. The van der Waals surface area contributed by atoms with Gasteiger partial charge in [-0.3, -0.25) is 0 Å². The van der Waals surface area contributed by atoms with Gasteiger partial charge in [0.15, 0.2) is 0 Å². The van der Waals surface area contributed by atoms with Crippen molar-refractivity contribution in [3.05, 3.63) is 242 Å². The van der Waals surface area contributed by atoms with E-state index in [-0.39, 0.29) is 5.41 Å². The van der Waals surface area contributed by atoms with Crippen molar-refractivity contribution >= 4 is 34.1 Å². The third-order valence-electron chi connectivity index (χ3n) is 11.9. The lowest BCUT2D eigenvalue weighted by Crippen LogP contribution is -2.16. The zero-order valence-corrected chi connectivity index (χ0v) is 33.3. The van der Waals surface area contributed by atoms with Crippen LogP contribution in [0.4, 0.5) is 34.1 Å². The number of rotatable bonds is 9. The molecular weight excluding hydrogens is 713 g/mol. The van der Waals surface area contributed by atoms with E-state index in [9.17, 15) is 0 Å². The molecule has 0 spiro atoms. The summed E-state index contributed by atoms with van der Waals surface area (Å²) in [5, 5.41) is 0. The summed E-state index contributed by atoms with van der Waals surface area (Å²) in [5.41, 5.74) is 19.1. The van der Waals surface area contributed by atoms with Crippen LogP contribution in [-0.2, 0) is 5.41 Å². The lowest BCUT2D eigenvalue weighted by Gasteiger charge is -2.30. The molecule has 0 saturated carbocycles. The fourth-order valence-corrected chi connectivity index (χ4v) is 8.93. The van der Waals surface area contributed by atoms with E-state index < -0.39 is 0 Å². The molecule has 1 aliphatic rings. The number of anilines is 6. The number of para-hydroxylation sites is 4. The van der Waals surface area contributed by atoms with Crippen LogP contribution in [-0.4, -0.2) is 0 Å². The first kappa shape index (κ1) is 36.0. The summed E-state index contributed by atoms with van der Waals surface area (Å²) in [5.74, 6) is 0. The largest absolute Gasteiger partial charge is 0.310 e. The highest BCUT2D eigenvalue weighted by atomic mass is 15.1. The molecule has 1 aliphatic carbocycles. The normalized spacial score (nSPS) is 12.4. The van der Waals surface area contributed by atoms with E-state index in [0.29, 0.717) is 0 Å². The van der Waals surface area contributed by atoms with Crippen LogP contribution >= 0.6 is 0 Å². The van der Waals surface area contributed by atoms with Gasteiger partial charge in [-0.2, -0.15) is 0 Å². The lowest BCUT2D eigenvalue weighted by molar-refractivity contribution is 0.660. The molecule has 0 atom stereocenters. The molecule has 0 heterocycles. The van der Waals surface area contributed by atoms with E-state index in [1.165, 1.54) is 38.9 Å². The Hall–Kier alpha value is -7.42. The molecule has 2 heteroatoms. The van der Waals surface area contributed by atoms with Crippen LogP contribution in [0.1, 0.15) is 25.0 Å². The molecule has 0 aliphatic heterocycles. The van der Waals surface area contributed by atoms with Gasteiger partial charge in [-0.15, -0.1) is 0 Å². The Morgan fingerprint density at radius 2 is 0.644 bits per heavy atom. The van der Waals surface area contributed by atoms with Gasteiger partial charge in [0.2, 0.25) is 0 Å². The molecule has 10 rings (SSSR count). The number of hydrogen-bond donors (Lipinski definition) is 0. The van der Waals surface area contributed by atoms with Crippen molar-refractivity contribution in [1.29, 1.82) is 0 Å². The predicted molar refractivity (Wildman–Crippen MR) is 250 cm³/mol. The monoisotopic (exact) mass is 756 g/mol. The van der Waals surface area contributed by atoms with E-state index in [2.05, 4.69) is 254 Å². The molecule has 0 saturated heterocycles. The molecule has 0 amide bonds. The van der Waals surface area contributed by atoms with Gasteiger partial charge >= 0.3 is 0 Å². The van der Waals surface area contributed by atoms with Crippen LogP contribution in [0.3, 0.4) is 0 Å². The average Bonchev–Trinajstić information content (AvgIpc) is 3.53. The first-order valence-electron chi connectivity index (χ1n) is 20.4. The molecule has 0 aromatic heterocycles. The quantitative estimate of drug-likeness (QED) is 0.145. The van der Waals surface area contributed by atoms with Crippen molar-refractivity contribution in [3.63, 3.8) is 0 Å². The molecule has 0 bridgehead atoms. The van der Waals surface area contributed by atoms with E-state index in [1.807, 2.05) is 0 Å². The highest BCUT2D eigenvalue weighted by Crippen LogP contribution is 2.51. The molecule has 0 N–H and O–H groups in total. The van der Waals surface area contributed by atoms with Gasteiger partial charge in [-0.05, 0) is 105 Å². The van der Waals surface area contributed by atoms with Crippen LogP contribution in [0.5, 0.6) is 0 Å². The molecular formula is C57H44N2. The van der Waals surface area contributed by atoms with E-state index in [1.54, 1.807) is 0 Å². The number of fused-ring (bicyclic) bond motifs is 3. The third-order valence-corrected chi connectivity index (χ3v) is 11.9. The maximum Gasteiger partial charge on any atom is 0.0540 e. The van der Waals surface area contributed by atoms with Crippen LogP contribution in [0.2, 0.25) is 0 Å². The Labute approximate surface area is 347 Å². The minimum atomic E-state index is -0.0996. The second-order valence-electron chi connectivity index (χ2n) is 15.8. The summed E-state index contributed by atoms with van der Waals surface area (Å²) < 4.78 is 0. The summed E-state index contributed by atoms with van der Waals surface area (Å²) in [6, 6.07) is 83.4. The molecule has 0 radical (unpaired) electrons. The smallest absolute Gasteiger partial charge is 0.0540 e. The van der Waals surface area contributed by atoms with Crippen molar-refractivity contribution in [3.8, 4) is 44.5 Å². The molecule has 0 unspecified atom stereocenters. The van der Waals surface area contributed by atoms with Crippen molar-refractivity contribution in [1.82, 2.24) is 0 Å². The SMILES string of the molecule is CC1(C)c2ccccc2-c2ccc(N(c3ccccc3)c3ccccc3-c3ccc(-c4ccccc4N(c4ccccc4)c4ccc(-c5ccccc5)cc4)cc3)cc21. The zero-order valence-electron chi connectivity index (χ0n) is 33.3. The first-order valence-corrected chi connectivity index (χ1v) is 20.4. The van der Waals surface area contributed by atoms with E-state index in [0.717, 1.165) is 50.8 Å². The van der Waals surface area contributed by atoms with Gasteiger partial charge in [-0.1, -0.05) is 184 Å². The highest BCUT2D eigenvalue weighted by molar-refractivity contribution is 5.92.